The van der Waals surface area contributed by atoms with E-state index in [2.05, 4.69) is 36.4 Å². The second-order valence-electron chi connectivity index (χ2n) is 7.72. The molecule has 1 N–H and O–H groups in total. The third-order valence-corrected chi connectivity index (χ3v) is 5.72. The van der Waals surface area contributed by atoms with E-state index < -0.39 is 0 Å². The first-order chi connectivity index (χ1) is 10.0. The van der Waals surface area contributed by atoms with E-state index in [0.29, 0.717) is 0 Å². The van der Waals surface area contributed by atoms with Crippen molar-refractivity contribution in [3.63, 3.8) is 0 Å². The standard InChI is InChI=1S/C17H29N3S/c1-17(2,3)15-12-21-16(19-15)11-20-9-5-6-13(10-20)14-7-4-8-18-14/h12-14,18H,4-11H2,1-3H3. The Kier molecular flexibility index (Phi) is 4.67. The topological polar surface area (TPSA) is 28.2 Å². The van der Waals surface area contributed by atoms with Crippen LogP contribution in [0.25, 0.3) is 0 Å². The van der Waals surface area contributed by atoms with Crippen LogP contribution < -0.4 is 5.32 Å². The van der Waals surface area contributed by atoms with Crippen molar-refractivity contribution in [1.82, 2.24) is 15.2 Å². The van der Waals surface area contributed by atoms with Crippen LogP contribution in [-0.2, 0) is 12.0 Å². The van der Waals surface area contributed by atoms with Gasteiger partial charge in [0, 0.05) is 23.4 Å². The fourth-order valence-electron chi connectivity index (χ4n) is 3.60. The van der Waals surface area contributed by atoms with Gasteiger partial charge in [0.15, 0.2) is 0 Å². The van der Waals surface area contributed by atoms with Gasteiger partial charge >= 0.3 is 0 Å². The average Bonchev–Trinajstić information content (AvgIpc) is 3.09. The number of nitrogens with one attached hydrogen (secondary N) is 1. The Labute approximate surface area is 133 Å². The Morgan fingerprint density at radius 1 is 1.33 bits per heavy atom. The highest BCUT2D eigenvalue weighted by Gasteiger charge is 2.29. The van der Waals surface area contributed by atoms with Gasteiger partial charge in [-0.15, -0.1) is 11.3 Å². The van der Waals surface area contributed by atoms with Gasteiger partial charge in [0.05, 0.1) is 12.2 Å². The van der Waals surface area contributed by atoms with Crippen LogP contribution in [0.5, 0.6) is 0 Å². The molecule has 2 atom stereocenters. The van der Waals surface area contributed by atoms with E-state index in [9.17, 15) is 0 Å². The van der Waals surface area contributed by atoms with Gasteiger partial charge in [-0.2, -0.15) is 0 Å². The van der Waals surface area contributed by atoms with E-state index in [1.54, 1.807) is 0 Å². The maximum atomic E-state index is 4.86. The number of thiazole rings is 1. The van der Waals surface area contributed by atoms with Crippen LogP contribution in [0.3, 0.4) is 0 Å². The van der Waals surface area contributed by atoms with E-state index in [-0.39, 0.29) is 5.41 Å². The second kappa shape index (κ2) is 6.35. The molecule has 0 aromatic carbocycles. The summed E-state index contributed by atoms with van der Waals surface area (Å²) in [5.74, 6) is 0.850. The summed E-state index contributed by atoms with van der Waals surface area (Å²) >= 11 is 1.84. The predicted octanol–water partition coefficient (Wildman–Crippen LogP) is 3.40. The molecule has 0 spiro atoms. The first-order valence-electron chi connectivity index (χ1n) is 8.43. The van der Waals surface area contributed by atoms with E-state index in [4.69, 9.17) is 4.98 Å². The van der Waals surface area contributed by atoms with Crippen LogP contribution in [0.4, 0.5) is 0 Å². The molecule has 3 heterocycles. The van der Waals surface area contributed by atoms with Crippen LogP contribution in [-0.4, -0.2) is 35.6 Å². The molecule has 2 aliphatic heterocycles. The largest absolute Gasteiger partial charge is 0.314 e. The van der Waals surface area contributed by atoms with Crippen LogP contribution in [0, 0.1) is 5.92 Å². The van der Waals surface area contributed by atoms with Crippen molar-refractivity contribution in [2.45, 2.75) is 64.5 Å². The Hall–Kier alpha value is -0.450. The quantitative estimate of drug-likeness (QED) is 0.927. The molecule has 3 nitrogen and oxygen atoms in total. The summed E-state index contributed by atoms with van der Waals surface area (Å²) in [6.45, 7) is 11.5. The van der Waals surface area contributed by atoms with Gasteiger partial charge in [-0.1, -0.05) is 20.8 Å². The molecule has 1 aromatic heterocycles. The number of aromatic nitrogens is 1. The van der Waals surface area contributed by atoms with Crippen LogP contribution in [0.2, 0.25) is 0 Å². The molecule has 2 saturated heterocycles. The SMILES string of the molecule is CC(C)(C)c1csc(CN2CCCC(C3CCCN3)C2)n1. The zero-order valence-electron chi connectivity index (χ0n) is 13.7. The maximum absolute atomic E-state index is 4.86. The lowest BCUT2D eigenvalue weighted by atomic mass is 9.90. The molecule has 2 aliphatic rings. The summed E-state index contributed by atoms with van der Waals surface area (Å²) in [6, 6.07) is 0.772. The molecule has 118 valence electrons. The fraction of sp³-hybridized carbons (Fsp3) is 0.824. The van der Waals surface area contributed by atoms with Crippen molar-refractivity contribution in [2.24, 2.45) is 5.92 Å². The molecule has 21 heavy (non-hydrogen) atoms. The lowest BCUT2D eigenvalue weighted by Gasteiger charge is -2.35. The second-order valence-corrected chi connectivity index (χ2v) is 8.66. The van der Waals surface area contributed by atoms with Crippen molar-refractivity contribution in [3.8, 4) is 0 Å². The first-order valence-corrected chi connectivity index (χ1v) is 9.31. The Bertz CT molecular complexity index is 457. The minimum absolute atomic E-state index is 0.174. The zero-order valence-corrected chi connectivity index (χ0v) is 14.5. The van der Waals surface area contributed by atoms with Gasteiger partial charge in [0.2, 0.25) is 0 Å². The van der Waals surface area contributed by atoms with Gasteiger partial charge in [-0.3, -0.25) is 4.90 Å². The lowest BCUT2D eigenvalue weighted by Crippen LogP contribution is -2.43. The minimum atomic E-state index is 0.174. The van der Waals surface area contributed by atoms with Crippen molar-refractivity contribution in [1.29, 1.82) is 0 Å². The highest BCUT2D eigenvalue weighted by Crippen LogP contribution is 2.28. The molecule has 2 fully saturated rings. The molecule has 0 aliphatic carbocycles. The summed E-state index contributed by atoms with van der Waals surface area (Å²) in [7, 11) is 0. The molecule has 2 unspecified atom stereocenters. The van der Waals surface area contributed by atoms with Gasteiger partial charge < -0.3 is 5.32 Å². The van der Waals surface area contributed by atoms with E-state index in [1.165, 1.54) is 56.0 Å². The van der Waals surface area contributed by atoms with Gasteiger partial charge in [-0.25, -0.2) is 4.98 Å². The number of hydrogen-bond donors (Lipinski definition) is 1. The summed E-state index contributed by atoms with van der Waals surface area (Å²) in [5.41, 5.74) is 1.42. The number of nitrogens with zero attached hydrogens (tertiary/aromatic N) is 2. The predicted molar refractivity (Wildman–Crippen MR) is 89.8 cm³/mol. The van der Waals surface area contributed by atoms with Crippen LogP contribution in [0.1, 0.15) is 57.2 Å². The number of hydrogen-bond acceptors (Lipinski definition) is 4. The summed E-state index contributed by atoms with van der Waals surface area (Å²) < 4.78 is 0. The fourth-order valence-corrected chi connectivity index (χ4v) is 4.66. The van der Waals surface area contributed by atoms with Crippen LogP contribution >= 0.6 is 11.3 Å². The Morgan fingerprint density at radius 2 is 2.19 bits per heavy atom. The third kappa shape index (κ3) is 3.85. The molecule has 0 saturated carbocycles. The zero-order chi connectivity index (χ0) is 14.9. The van der Waals surface area contributed by atoms with Crippen molar-refractivity contribution in [2.75, 3.05) is 19.6 Å². The van der Waals surface area contributed by atoms with E-state index >= 15 is 0 Å². The molecule has 0 bridgehead atoms. The number of piperidine rings is 1. The molecular formula is C17H29N3S. The van der Waals surface area contributed by atoms with Gasteiger partial charge in [-0.05, 0) is 44.7 Å². The smallest absolute Gasteiger partial charge is 0.107 e. The molecular weight excluding hydrogens is 278 g/mol. The molecule has 1 aromatic rings. The molecule has 0 radical (unpaired) electrons. The van der Waals surface area contributed by atoms with Crippen molar-refractivity contribution in [3.05, 3.63) is 16.1 Å². The van der Waals surface area contributed by atoms with Crippen molar-refractivity contribution < 1.29 is 0 Å². The van der Waals surface area contributed by atoms with E-state index in [1.807, 2.05) is 11.3 Å². The van der Waals surface area contributed by atoms with Gasteiger partial charge in [0.25, 0.3) is 0 Å². The highest BCUT2D eigenvalue weighted by molar-refractivity contribution is 7.09. The van der Waals surface area contributed by atoms with E-state index in [0.717, 1.165) is 18.5 Å². The Balaban J connectivity index is 1.58. The number of likely N-dealkylation sites (tertiary alicyclic amines) is 1. The summed E-state index contributed by atoms with van der Waals surface area (Å²) in [6.07, 6.45) is 5.49. The van der Waals surface area contributed by atoms with Gasteiger partial charge in [0.1, 0.15) is 5.01 Å². The normalized spacial score (nSPS) is 28.1. The first kappa shape index (κ1) is 15.4. The average molecular weight is 308 g/mol. The highest BCUT2D eigenvalue weighted by atomic mass is 32.1. The monoisotopic (exact) mass is 307 g/mol. The number of rotatable bonds is 3. The minimum Gasteiger partial charge on any atom is -0.314 e. The summed E-state index contributed by atoms with van der Waals surface area (Å²) in [5, 5.41) is 7.23. The van der Waals surface area contributed by atoms with Crippen molar-refractivity contribution >= 4 is 11.3 Å². The Morgan fingerprint density at radius 3 is 2.86 bits per heavy atom. The molecule has 3 rings (SSSR count). The third-order valence-electron chi connectivity index (χ3n) is 4.89. The molecule has 0 amide bonds. The maximum Gasteiger partial charge on any atom is 0.107 e. The molecule has 4 heteroatoms. The van der Waals surface area contributed by atoms with Crippen LogP contribution in [0.15, 0.2) is 5.38 Å². The lowest BCUT2D eigenvalue weighted by molar-refractivity contribution is 0.145. The summed E-state index contributed by atoms with van der Waals surface area (Å²) in [4.78, 5) is 7.48.